The summed E-state index contributed by atoms with van der Waals surface area (Å²) in [5.74, 6) is -0.882. The second-order valence-corrected chi connectivity index (χ2v) is 10.4. The fourth-order valence-corrected chi connectivity index (χ4v) is 4.87. The van der Waals surface area contributed by atoms with Gasteiger partial charge < -0.3 is 15.4 Å². The average Bonchev–Trinajstić information content (AvgIpc) is 2.95. The molecular weight excluding hydrogens is 502 g/mol. The predicted octanol–water partition coefficient (Wildman–Crippen LogP) is 6.41. The molecule has 0 fully saturated rings. The van der Waals surface area contributed by atoms with Crippen LogP contribution in [0.1, 0.15) is 62.8 Å². The Morgan fingerprint density at radius 1 is 0.925 bits per heavy atom. The maximum Gasteiger partial charge on any atom is 0.338 e. The predicted molar refractivity (Wildman–Crippen MR) is 157 cm³/mol. The number of rotatable bonds is 10. The van der Waals surface area contributed by atoms with E-state index in [0.29, 0.717) is 30.1 Å². The van der Waals surface area contributed by atoms with Crippen LogP contribution in [-0.2, 0) is 14.3 Å². The quantitative estimate of drug-likeness (QED) is 0.292. The molecule has 3 amide bonds. The lowest BCUT2D eigenvalue weighted by molar-refractivity contribution is -0.140. The normalized spacial score (nSPS) is 15.3. The van der Waals surface area contributed by atoms with Gasteiger partial charge in [-0.25, -0.2) is 9.59 Å². The molecule has 3 aromatic rings. The zero-order chi connectivity index (χ0) is 28.6. The lowest BCUT2D eigenvalue weighted by Gasteiger charge is -2.35. The number of nitrogens with one attached hydrogen (secondary N) is 2. The van der Waals surface area contributed by atoms with Gasteiger partial charge in [0.25, 0.3) is 0 Å². The van der Waals surface area contributed by atoms with Crippen LogP contribution in [0.15, 0.2) is 96.2 Å². The van der Waals surface area contributed by atoms with E-state index >= 15 is 0 Å². The molecule has 2 N–H and O–H groups in total. The summed E-state index contributed by atoms with van der Waals surface area (Å²) in [5.41, 5.74) is 4.14. The monoisotopic (exact) mass is 539 g/mol. The molecule has 1 unspecified atom stereocenters. The molecule has 4 rings (SSSR count). The molecule has 1 aliphatic heterocycles. The Morgan fingerprint density at radius 3 is 2.02 bits per heavy atom. The number of allylic oxidation sites excluding steroid dienone is 1. The van der Waals surface area contributed by atoms with Gasteiger partial charge in [-0.05, 0) is 48.1 Å². The van der Waals surface area contributed by atoms with Crippen LogP contribution in [0.5, 0.6) is 0 Å². The highest BCUT2D eigenvalue weighted by atomic mass is 16.5. The SMILES string of the molecule is CCCN1C(=O)NC(c2ccc(NC(=O)C(c3ccccc3)c3ccccc3)cc2)C(C(=O)OCC(C)C)=C1C. The van der Waals surface area contributed by atoms with Gasteiger partial charge in [-0.15, -0.1) is 0 Å². The van der Waals surface area contributed by atoms with Crippen LogP contribution < -0.4 is 10.6 Å². The molecule has 7 nitrogen and oxygen atoms in total. The molecule has 0 spiro atoms. The molecule has 0 radical (unpaired) electrons. The first-order valence-corrected chi connectivity index (χ1v) is 13.8. The molecule has 1 heterocycles. The summed E-state index contributed by atoms with van der Waals surface area (Å²) in [4.78, 5) is 41.2. The molecule has 208 valence electrons. The highest BCUT2D eigenvalue weighted by molar-refractivity contribution is 5.98. The number of hydrogen-bond acceptors (Lipinski definition) is 4. The third-order valence-corrected chi connectivity index (χ3v) is 6.85. The van der Waals surface area contributed by atoms with E-state index in [1.165, 1.54) is 0 Å². The number of amides is 3. The lowest BCUT2D eigenvalue weighted by Crippen LogP contribution is -2.48. The largest absolute Gasteiger partial charge is 0.462 e. The van der Waals surface area contributed by atoms with E-state index < -0.39 is 17.9 Å². The van der Waals surface area contributed by atoms with Crippen molar-refractivity contribution in [3.63, 3.8) is 0 Å². The number of anilines is 1. The third kappa shape index (κ3) is 6.60. The first-order valence-electron chi connectivity index (χ1n) is 13.8. The number of ether oxygens (including phenoxy) is 1. The molecule has 1 aliphatic rings. The number of esters is 1. The van der Waals surface area contributed by atoms with Crippen LogP contribution in [0.4, 0.5) is 10.5 Å². The Hall–Kier alpha value is -4.39. The average molecular weight is 540 g/mol. The van der Waals surface area contributed by atoms with Crippen LogP contribution in [-0.4, -0.2) is 36.0 Å². The van der Waals surface area contributed by atoms with Crippen LogP contribution in [0, 0.1) is 5.92 Å². The number of carbonyl (C=O) groups excluding carboxylic acids is 3. The second-order valence-electron chi connectivity index (χ2n) is 10.4. The summed E-state index contributed by atoms with van der Waals surface area (Å²) in [5, 5.41) is 6.02. The molecule has 0 bridgehead atoms. The molecule has 7 heteroatoms. The van der Waals surface area contributed by atoms with E-state index in [4.69, 9.17) is 4.74 Å². The molecule has 0 saturated carbocycles. The fraction of sp³-hybridized carbons (Fsp3) is 0.303. The van der Waals surface area contributed by atoms with Crippen LogP contribution in [0.2, 0.25) is 0 Å². The summed E-state index contributed by atoms with van der Waals surface area (Å²) < 4.78 is 5.58. The van der Waals surface area contributed by atoms with Crippen molar-refractivity contribution in [3.05, 3.63) is 113 Å². The lowest BCUT2D eigenvalue weighted by atomic mass is 9.90. The summed E-state index contributed by atoms with van der Waals surface area (Å²) in [6.45, 7) is 8.52. The van der Waals surface area contributed by atoms with E-state index in [0.717, 1.165) is 23.1 Å². The van der Waals surface area contributed by atoms with Gasteiger partial charge >= 0.3 is 12.0 Å². The number of benzene rings is 3. The Bertz CT molecular complexity index is 1310. The van der Waals surface area contributed by atoms with E-state index in [1.807, 2.05) is 93.6 Å². The zero-order valence-electron chi connectivity index (χ0n) is 23.5. The van der Waals surface area contributed by atoms with Gasteiger partial charge in [0, 0.05) is 17.9 Å². The Kier molecular flexibility index (Phi) is 9.38. The molecule has 40 heavy (non-hydrogen) atoms. The van der Waals surface area contributed by atoms with Crippen molar-refractivity contribution < 1.29 is 19.1 Å². The second kappa shape index (κ2) is 13.1. The molecule has 0 aliphatic carbocycles. The van der Waals surface area contributed by atoms with E-state index in [9.17, 15) is 14.4 Å². The fourth-order valence-electron chi connectivity index (χ4n) is 4.87. The van der Waals surface area contributed by atoms with Crippen LogP contribution >= 0.6 is 0 Å². The van der Waals surface area contributed by atoms with Crippen molar-refractivity contribution in [1.29, 1.82) is 0 Å². The van der Waals surface area contributed by atoms with Crippen LogP contribution in [0.3, 0.4) is 0 Å². The van der Waals surface area contributed by atoms with Crippen molar-refractivity contribution in [1.82, 2.24) is 10.2 Å². The van der Waals surface area contributed by atoms with Gasteiger partial charge in [0.2, 0.25) is 5.91 Å². The van der Waals surface area contributed by atoms with Gasteiger partial charge in [0.1, 0.15) is 0 Å². The summed E-state index contributed by atoms with van der Waals surface area (Å²) in [7, 11) is 0. The minimum absolute atomic E-state index is 0.153. The van der Waals surface area contributed by atoms with E-state index in [1.54, 1.807) is 24.0 Å². The van der Waals surface area contributed by atoms with Crippen molar-refractivity contribution in [3.8, 4) is 0 Å². The van der Waals surface area contributed by atoms with Gasteiger partial charge in [-0.3, -0.25) is 9.69 Å². The Morgan fingerprint density at radius 2 is 1.50 bits per heavy atom. The number of urea groups is 1. The van der Waals surface area contributed by atoms with Gasteiger partial charge in [0.15, 0.2) is 0 Å². The highest BCUT2D eigenvalue weighted by Gasteiger charge is 2.36. The van der Waals surface area contributed by atoms with Crippen molar-refractivity contribution in [2.45, 2.75) is 46.1 Å². The van der Waals surface area contributed by atoms with E-state index in [2.05, 4.69) is 10.6 Å². The number of hydrogen-bond donors (Lipinski definition) is 2. The highest BCUT2D eigenvalue weighted by Crippen LogP contribution is 2.33. The standard InChI is InChI=1S/C33H37N3O4/c1-5-20-36-23(4)28(32(38)40-21-22(2)3)30(35-33(36)39)26-16-18-27(19-17-26)34-31(37)29(24-12-8-6-9-13-24)25-14-10-7-11-15-25/h6-19,22,29-30H,5,20-21H2,1-4H3,(H,34,37)(H,35,39). The Balaban J connectivity index is 1.59. The van der Waals surface area contributed by atoms with Gasteiger partial charge in [0.05, 0.1) is 24.1 Å². The minimum Gasteiger partial charge on any atom is -0.462 e. The summed E-state index contributed by atoms with van der Waals surface area (Å²) >= 11 is 0. The number of nitrogens with zero attached hydrogens (tertiary/aromatic N) is 1. The zero-order valence-corrected chi connectivity index (χ0v) is 23.5. The van der Waals surface area contributed by atoms with Crippen LogP contribution in [0.25, 0.3) is 0 Å². The number of carbonyl (C=O) groups is 3. The maximum absolute atomic E-state index is 13.5. The van der Waals surface area contributed by atoms with Crippen molar-refractivity contribution in [2.75, 3.05) is 18.5 Å². The molecule has 3 aromatic carbocycles. The minimum atomic E-state index is -0.661. The molecule has 1 atom stereocenters. The van der Waals surface area contributed by atoms with Gasteiger partial charge in [-0.2, -0.15) is 0 Å². The Labute approximate surface area is 236 Å². The maximum atomic E-state index is 13.5. The summed E-state index contributed by atoms with van der Waals surface area (Å²) in [6, 6.07) is 25.6. The molecular formula is C33H37N3O4. The first-order chi connectivity index (χ1) is 19.3. The third-order valence-electron chi connectivity index (χ3n) is 6.85. The van der Waals surface area contributed by atoms with Crippen molar-refractivity contribution in [2.24, 2.45) is 5.92 Å². The topological polar surface area (TPSA) is 87.7 Å². The van der Waals surface area contributed by atoms with E-state index in [-0.39, 0.29) is 17.9 Å². The molecule has 0 aromatic heterocycles. The van der Waals surface area contributed by atoms with Crippen molar-refractivity contribution >= 4 is 23.6 Å². The summed E-state index contributed by atoms with van der Waals surface area (Å²) in [6.07, 6.45) is 0.755. The first kappa shape index (κ1) is 28.6. The smallest absolute Gasteiger partial charge is 0.338 e. The molecule has 0 saturated heterocycles. The van der Waals surface area contributed by atoms with Gasteiger partial charge in [-0.1, -0.05) is 93.6 Å².